The number of nitrogens with zero attached hydrogens (tertiary/aromatic N) is 2. The molecule has 0 radical (unpaired) electrons. The number of pyridine rings is 2. The molecule has 3 heteroatoms. The quantitative estimate of drug-likeness (QED) is 0.168. The molecule has 2 nitrogen and oxygen atoms in total. The number of aromatic nitrogens is 2. The second-order valence-electron chi connectivity index (χ2n) is 10.9. The first kappa shape index (κ1) is 31.8. The molecule has 216 valence electrons. The fraction of sp³-hybridized carbons (Fsp3) is 0.150. The first-order valence-electron chi connectivity index (χ1n) is 14.3. The smallest absolute Gasteiger partial charge is 0.305 e. The number of benzene rings is 4. The third-order valence-corrected chi connectivity index (χ3v) is 7.70. The number of aryl methyl sites for hydroxylation is 6. The zero-order valence-corrected chi connectivity index (χ0v) is 27.9. The van der Waals surface area contributed by atoms with E-state index >= 15 is 0 Å². The van der Waals surface area contributed by atoms with Gasteiger partial charge >= 0.3 is 21.1 Å². The van der Waals surface area contributed by atoms with Gasteiger partial charge in [-0.2, -0.15) is 0 Å². The van der Waals surface area contributed by atoms with Gasteiger partial charge in [0.25, 0.3) is 0 Å². The fourth-order valence-corrected chi connectivity index (χ4v) is 5.56. The molecule has 0 amide bonds. The van der Waals surface area contributed by atoms with Crippen molar-refractivity contribution in [3.05, 3.63) is 155 Å². The molecule has 0 saturated heterocycles. The Labute approximate surface area is 271 Å². The van der Waals surface area contributed by atoms with Crippen LogP contribution in [0.1, 0.15) is 33.4 Å². The van der Waals surface area contributed by atoms with Gasteiger partial charge in [-0.1, -0.05) is 119 Å². The van der Waals surface area contributed by atoms with Gasteiger partial charge in [0, 0.05) is 12.4 Å². The predicted octanol–water partition coefficient (Wildman–Crippen LogP) is 10.3. The largest absolute Gasteiger partial charge is 2.00 e. The Morgan fingerprint density at radius 2 is 0.814 bits per heavy atom. The van der Waals surface area contributed by atoms with E-state index in [9.17, 15) is 0 Å². The molecule has 0 saturated carbocycles. The Hall–Kier alpha value is -4.13. The summed E-state index contributed by atoms with van der Waals surface area (Å²) < 4.78 is 0. The van der Waals surface area contributed by atoms with Crippen LogP contribution in [0.5, 0.6) is 0 Å². The third kappa shape index (κ3) is 7.27. The van der Waals surface area contributed by atoms with Gasteiger partial charge in [-0.05, 0) is 51.2 Å². The van der Waals surface area contributed by atoms with Crippen molar-refractivity contribution in [1.82, 2.24) is 9.97 Å². The Morgan fingerprint density at radius 3 is 1.12 bits per heavy atom. The average molecular weight is 740 g/mol. The Kier molecular flexibility index (Phi) is 10.6. The maximum absolute atomic E-state index is 4.40. The molecule has 0 aliphatic rings. The maximum Gasteiger partial charge on any atom is 2.00 e. The summed E-state index contributed by atoms with van der Waals surface area (Å²) in [4.78, 5) is 8.79. The zero-order valence-electron chi connectivity index (χ0n) is 25.6. The van der Waals surface area contributed by atoms with Gasteiger partial charge in [0.1, 0.15) is 0 Å². The molecule has 2 aromatic heterocycles. The van der Waals surface area contributed by atoms with Crippen LogP contribution in [0.4, 0.5) is 0 Å². The minimum Gasteiger partial charge on any atom is -0.305 e. The van der Waals surface area contributed by atoms with E-state index in [1.54, 1.807) is 0 Å². The average Bonchev–Trinajstić information content (AvgIpc) is 3.00. The molecule has 2 heterocycles. The van der Waals surface area contributed by atoms with Gasteiger partial charge in [-0.15, -0.1) is 58.7 Å². The van der Waals surface area contributed by atoms with Crippen LogP contribution in [-0.2, 0) is 21.1 Å². The molecule has 0 bridgehead atoms. The topological polar surface area (TPSA) is 25.8 Å². The van der Waals surface area contributed by atoms with Crippen LogP contribution < -0.4 is 0 Å². The first-order valence-corrected chi connectivity index (χ1v) is 14.3. The molecule has 0 fully saturated rings. The van der Waals surface area contributed by atoms with E-state index in [-0.39, 0.29) is 21.1 Å². The Balaban J connectivity index is 0.000000192. The summed E-state index contributed by atoms with van der Waals surface area (Å²) in [7, 11) is 0. The summed E-state index contributed by atoms with van der Waals surface area (Å²) in [6.45, 7) is 13.0. The van der Waals surface area contributed by atoms with Crippen molar-refractivity contribution < 1.29 is 21.1 Å². The molecule has 0 aliphatic heterocycles. The first-order chi connectivity index (χ1) is 20.3. The summed E-state index contributed by atoms with van der Waals surface area (Å²) in [5.74, 6) is 0. The number of hydrogen-bond donors (Lipinski definition) is 0. The molecule has 0 unspecified atom stereocenters. The Morgan fingerprint density at radius 1 is 0.442 bits per heavy atom. The Bertz CT molecular complexity index is 1650. The van der Waals surface area contributed by atoms with Crippen LogP contribution in [0.15, 0.2) is 109 Å². The molecular formula is C40H36N2Pt. The van der Waals surface area contributed by atoms with Gasteiger partial charge in [0.05, 0.1) is 0 Å². The van der Waals surface area contributed by atoms with Crippen LogP contribution in [0.25, 0.3) is 44.8 Å². The van der Waals surface area contributed by atoms with E-state index in [2.05, 4.69) is 124 Å². The predicted molar refractivity (Wildman–Crippen MR) is 176 cm³/mol. The number of hydrogen-bond acceptors (Lipinski definition) is 2. The monoisotopic (exact) mass is 739 g/mol. The van der Waals surface area contributed by atoms with Gasteiger partial charge in [0.2, 0.25) is 0 Å². The van der Waals surface area contributed by atoms with Crippen molar-refractivity contribution in [3.63, 3.8) is 0 Å². The second kappa shape index (κ2) is 14.4. The summed E-state index contributed by atoms with van der Waals surface area (Å²) in [5.41, 5.74) is 16.9. The summed E-state index contributed by atoms with van der Waals surface area (Å²) in [6.07, 6.45) is 3.63. The molecule has 0 spiro atoms. The van der Waals surface area contributed by atoms with Crippen LogP contribution >= 0.6 is 0 Å². The zero-order chi connectivity index (χ0) is 29.6. The van der Waals surface area contributed by atoms with Crippen molar-refractivity contribution in [2.45, 2.75) is 41.5 Å². The third-order valence-electron chi connectivity index (χ3n) is 7.70. The molecule has 0 atom stereocenters. The maximum atomic E-state index is 4.40. The standard InChI is InChI=1S/2C20H18N.Pt/c2*1-14-7-6-8-15(2)20(14)18-11-10-17(13-16(18)3)19-9-4-5-12-21-19;/h2*4-9,11-13H,1-3H3;/q2*-1;+2. The van der Waals surface area contributed by atoms with Crippen molar-refractivity contribution in [1.29, 1.82) is 0 Å². The van der Waals surface area contributed by atoms with Crippen molar-refractivity contribution in [2.75, 3.05) is 0 Å². The SMILES string of the molecule is Cc1cc(-c2ccccn2)[c-]cc1-c1c(C)cccc1C.Cc1cc(-c2ccccn2)[c-]cc1-c1c(C)cccc1C.[Pt+2]. The van der Waals surface area contributed by atoms with E-state index in [0.29, 0.717) is 0 Å². The summed E-state index contributed by atoms with van der Waals surface area (Å²) in [5, 5.41) is 0. The summed E-state index contributed by atoms with van der Waals surface area (Å²) in [6, 6.07) is 40.1. The molecule has 6 rings (SSSR count). The number of rotatable bonds is 4. The molecule has 4 aromatic carbocycles. The van der Waals surface area contributed by atoms with Crippen LogP contribution in [0.3, 0.4) is 0 Å². The normalized spacial score (nSPS) is 10.4. The van der Waals surface area contributed by atoms with E-state index < -0.39 is 0 Å². The molecule has 0 N–H and O–H groups in total. The van der Waals surface area contributed by atoms with Crippen molar-refractivity contribution in [3.8, 4) is 44.8 Å². The molecule has 6 aromatic rings. The van der Waals surface area contributed by atoms with Gasteiger partial charge in [-0.3, -0.25) is 0 Å². The molecular weight excluding hydrogens is 704 g/mol. The minimum atomic E-state index is 0. The van der Waals surface area contributed by atoms with Gasteiger partial charge < -0.3 is 9.97 Å². The van der Waals surface area contributed by atoms with Crippen LogP contribution in [-0.4, -0.2) is 9.97 Å². The summed E-state index contributed by atoms with van der Waals surface area (Å²) >= 11 is 0. The minimum absolute atomic E-state index is 0. The van der Waals surface area contributed by atoms with Gasteiger partial charge in [0.15, 0.2) is 0 Å². The van der Waals surface area contributed by atoms with Crippen LogP contribution in [0.2, 0.25) is 0 Å². The second-order valence-corrected chi connectivity index (χ2v) is 10.9. The fourth-order valence-electron chi connectivity index (χ4n) is 5.56. The van der Waals surface area contributed by atoms with E-state index in [1.165, 1.54) is 55.6 Å². The van der Waals surface area contributed by atoms with E-state index in [0.717, 1.165) is 22.5 Å². The van der Waals surface area contributed by atoms with Crippen molar-refractivity contribution in [2.24, 2.45) is 0 Å². The molecule has 0 aliphatic carbocycles. The van der Waals surface area contributed by atoms with Gasteiger partial charge in [-0.25, -0.2) is 0 Å². The van der Waals surface area contributed by atoms with Crippen molar-refractivity contribution >= 4 is 0 Å². The van der Waals surface area contributed by atoms with E-state index in [4.69, 9.17) is 0 Å². The van der Waals surface area contributed by atoms with Crippen LogP contribution in [0, 0.1) is 53.7 Å². The molecule has 43 heavy (non-hydrogen) atoms. The van der Waals surface area contributed by atoms with E-state index in [1.807, 2.05) is 48.8 Å².